The van der Waals surface area contributed by atoms with Crippen molar-refractivity contribution in [3.05, 3.63) is 57.6 Å². The van der Waals surface area contributed by atoms with Crippen LogP contribution >= 0.6 is 0 Å². The Labute approximate surface area is 304 Å². The van der Waals surface area contributed by atoms with Gasteiger partial charge in [-0.25, -0.2) is 0 Å². The quantitative estimate of drug-likeness (QED) is 0.126. The van der Waals surface area contributed by atoms with E-state index >= 15 is 0 Å². The van der Waals surface area contributed by atoms with Gasteiger partial charge in [0.1, 0.15) is 11.5 Å². The van der Waals surface area contributed by atoms with E-state index < -0.39 is 0 Å². The molecule has 0 fully saturated rings. The third-order valence-corrected chi connectivity index (χ3v) is 9.37. The van der Waals surface area contributed by atoms with Crippen LogP contribution < -0.4 is 0 Å². The van der Waals surface area contributed by atoms with Gasteiger partial charge in [-0.15, -0.1) is 0 Å². The lowest BCUT2D eigenvalue weighted by atomic mass is 9.78. The van der Waals surface area contributed by atoms with E-state index in [9.17, 15) is 19.8 Å². The van der Waals surface area contributed by atoms with Crippen molar-refractivity contribution in [3.8, 4) is 11.5 Å². The highest BCUT2D eigenvalue weighted by Gasteiger charge is 2.28. The highest BCUT2D eigenvalue weighted by molar-refractivity contribution is 5.70. The number of ether oxygens (including phenoxy) is 2. The van der Waals surface area contributed by atoms with Crippen LogP contribution in [0.15, 0.2) is 24.3 Å². The van der Waals surface area contributed by atoms with Gasteiger partial charge in [0.05, 0.1) is 13.2 Å². The second-order valence-electron chi connectivity index (χ2n) is 18.3. The Morgan fingerprint density at radius 1 is 0.460 bits per heavy atom. The van der Waals surface area contributed by atoms with Gasteiger partial charge in [0, 0.05) is 12.8 Å². The summed E-state index contributed by atoms with van der Waals surface area (Å²) in [5.41, 5.74) is 5.01. The number of phenols is 2. The molecule has 2 N–H and O–H groups in total. The monoisotopic (exact) mass is 695 g/mol. The predicted molar refractivity (Wildman–Crippen MR) is 207 cm³/mol. The Morgan fingerprint density at radius 3 is 0.940 bits per heavy atom. The summed E-state index contributed by atoms with van der Waals surface area (Å²) in [6, 6.07) is 8.15. The molecule has 0 spiro atoms. The summed E-state index contributed by atoms with van der Waals surface area (Å²) in [4.78, 5) is 24.9. The number of aromatic hydroxyl groups is 2. The zero-order valence-electron chi connectivity index (χ0n) is 33.7. The first kappa shape index (κ1) is 43.1. The van der Waals surface area contributed by atoms with Crippen molar-refractivity contribution >= 4 is 11.9 Å². The highest BCUT2D eigenvalue weighted by atomic mass is 16.5. The van der Waals surface area contributed by atoms with E-state index in [1.165, 1.54) is 0 Å². The van der Waals surface area contributed by atoms with Crippen molar-refractivity contribution in [3.63, 3.8) is 0 Å². The zero-order chi connectivity index (χ0) is 37.9. The average molecular weight is 695 g/mol. The molecular formula is C44H70O6. The van der Waals surface area contributed by atoms with Crippen LogP contribution in [-0.4, -0.2) is 35.4 Å². The minimum atomic E-state index is -0.193. The molecule has 0 amide bonds. The first-order valence-corrected chi connectivity index (χ1v) is 19.1. The maximum atomic E-state index is 12.4. The van der Waals surface area contributed by atoms with Gasteiger partial charge in [0.25, 0.3) is 0 Å². The molecular weight excluding hydrogens is 624 g/mol. The standard InChI is InChI=1S/C44H70O6/c1-41(2,3)33-27-31(28-34(39(33)47)42(4,5)6)21-23-37(45)49-25-19-17-15-13-14-16-18-20-26-50-38(46)24-22-32-29-35(43(7,8)9)40(48)36(30-32)44(10,11)12/h27-30,47-48H,13-26H2,1-12H3. The van der Waals surface area contributed by atoms with E-state index in [4.69, 9.17) is 9.47 Å². The van der Waals surface area contributed by atoms with Crippen molar-refractivity contribution in [2.45, 2.75) is 182 Å². The van der Waals surface area contributed by atoms with E-state index in [0.717, 1.165) is 84.7 Å². The number of benzene rings is 2. The van der Waals surface area contributed by atoms with E-state index in [1.807, 2.05) is 24.3 Å². The number of unbranched alkanes of at least 4 members (excludes halogenated alkanes) is 7. The van der Waals surface area contributed by atoms with E-state index in [1.54, 1.807) is 0 Å². The Hall–Kier alpha value is -3.02. The molecule has 282 valence electrons. The predicted octanol–water partition coefficient (Wildman–Crippen LogP) is 11.1. The molecule has 2 aromatic rings. The number of hydrogen-bond acceptors (Lipinski definition) is 6. The van der Waals surface area contributed by atoms with Crippen molar-refractivity contribution in [1.82, 2.24) is 0 Å². The number of carbonyl (C=O) groups excluding carboxylic acids is 2. The lowest BCUT2D eigenvalue weighted by Gasteiger charge is -2.28. The molecule has 0 atom stereocenters. The van der Waals surface area contributed by atoms with Gasteiger partial charge >= 0.3 is 11.9 Å². The number of hydrogen-bond donors (Lipinski definition) is 2. The van der Waals surface area contributed by atoms with Crippen LogP contribution in [-0.2, 0) is 53.6 Å². The molecule has 0 aliphatic carbocycles. The lowest BCUT2D eigenvalue weighted by Crippen LogP contribution is -2.18. The Bertz CT molecular complexity index is 1210. The maximum Gasteiger partial charge on any atom is 0.306 e. The first-order chi connectivity index (χ1) is 23.0. The second-order valence-corrected chi connectivity index (χ2v) is 18.3. The van der Waals surface area contributed by atoms with Crippen LogP contribution in [0.4, 0.5) is 0 Å². The Morgan fingerprint density at radius 2 is 0.700 bits per heavy atom. The first-order valence-electron chi connectivity index (χ1n) is 19.1. The average Bonchev–Trinajstić information content (AvgIpc) is 2.98. The zero-order valence-corrected chi connectivity index (χ0v) is 33.7. The van der Waals surface area contributed by atoms with E-state index in [0.29, 0.717) is 50.4 Å². The SMILES string of the molecule is CC(C)(C)c1cc(CCC(=O)OCCCCCCCCCCOC(=O)CCc2cc(C(C)(C)C)c(O)c(C(C)(C)C)c2)cc(C(C)(C)C)c1O. The summed E-state index contributed by atoms with van der Waals surface area (Å²) in [5.74, 6) is 0.387. The van der Waals surface area contributed by atoms with Crippen LogP contribution in [0.1, 0.15) is 181 Å². The van der Waals surface area contributed by atoms with Gasteiger partial charge in [-0.1, -0.05) is 146 Å². The third-order valence-electron chi connectivity index (χ3n) is 9.37. The van der Waals surface area contributed by atoms with Crippen LogP contribution in [0.3, 0.4) is 0 Å². The topological polar surface area (TPSA) is 93.1 Å². The summed E-state index contributed by atoms with van der Waals surface area (Å²) in [7, 11) is 0. The van der Waals surface area contributed by atoms with Gasteiger partial charge in [0.2, 0.25) is 0 Å². The fourth-order valence-corrected chi connectivity index (χ4v) is 6.24. The van der Waals surface area contributed by atoms with E-state index in [2.05, 4.69) is 83.1 Å². The molecule has 0 aliphatic heterocycles. The number of esters is 2. The van der Waals surface area contributed by atoms with Gasteiger partial charge in [-0.2, -0.15) is 0 Å². The van der Waals surface area contributed by atoms with Crippen molar-refractivity contribution in [2.75, 3.05) is 13.2 Å². The molecule has 6 heteroatoms. The molecule has 50 heavy (non-hydrogen) atoms. The fraction of sp³-hybridized carbons (Fsp3) is 0.682. The van der Waals surface area contributed by atoms with Crippen molar-refractivity contribution < 1.29 is 29.3 Å². The third kappa shape index (κ3) is 14.3. The van der Waals surface area contributed by atoms with Gasteiger partial charge < -0.3 is 19.7 Å². The Kier molecular flexibility index (Phi) is 15.9. The van der Waals surface area contributed by atoms with Crippen LogP contribution in [0.2, 0.25) is 0 Å². The number of rotatable bonds is 17. The number of phenolic OH excluding ortho intramolecular Hbond substituents is 2. The molecule has 2 rings (SSSR count). The minimum absolute atomic E-state index is 0.168. The lowest BCUT2D eigenvalue weighted by molar-refractivity contribution is -0.144. The summed E-state index contributed by atoms with van der Waals surface area (Å²) < 4.78 is 11.0. The molecule has 0 heterocycles. The molecule has 0 saturated carbocycles. The second kappa shape index (κ2) is 18.5. The number of aryl methyl sites for hydroxylation is 2. The molecule has 0 bridgehead atoms. The van der Waals surface area contributed by atoms with Crippen molar-refractivity contribution in [2.24, 2.45) is 0 Å². The van der Waals surface area contributed by atoms with Gasteiger partial charge in [-0.05, 0) is 80.7 Å². The molecule has 0 aliphatic rings. The normalized spacial score (nSPS) is 12.6. The van der Waals surface area contributed by atoms with Crippen molar-refractivity contribution in [1.29, 1.82) is 0 Å². The highest BCUT2D eigenvalue weighted by Crippen LogP contribution is 2.41. The summed E-state index contributed by atoms with van der Waals surface area (Å²) in [6.45, 7) is 26.1. The van der Waals surface area contributed by atoms with E-state index in [-0.39, 0.29) is 33.6 Å². The maximum absolute atomic E-state index is 12.4. The fourth-order valence-electron chi connectivity index (χ4n) is 6.24. The van der Waals surface area contributed by atoms with Gasteiger partial charge in [0.15, 0.2) is 0 Å². The molecule has 6 nitrogen and oxygen atoms in total. The largest absolute Gasteiger partial charge is 0.507 e. The molecule has 0 unspecified atom stereocenters. The smallest absolute Gasteiger partial charge is 0.306 e. The van der Waals surface area contributed by atoms with Crippen LogP contribution in [0, 0.1) is 0 Å². The molecule has 0 radical (unpaired) electrons. The minimum Gasteiger partial charge on any atom is -0.507 e. The molecule has 0 aromatic heterocycles. The van der Waals surface area contributed by atoms with Gasteiger partial charge in [-0.3, -0.25) is 9.59 Å². The summed E-state index contributed by atoms with van der Waals surface area (Å²) >= 11 is 0. The van der Waals surface area contributed by atoms with Crippen LogP contribution in [0.25, 0.3) is 0 Å². The number of carbonyl (C=O) groups is 2. The summed E-state index contributed by atoms with van der Waals surface area (Å²) in [5, 5.41) is 21.9. The Balaban J connectivity index is 1.58. The van der Waals surface area contributed by atoms with Crippen LogP contribution in [0.5, 0.6) is 11.5 Å². The molecule has 2 aromatic carbocycles. The molecule has 0 saturated heterocycles. The summed E-state index contributed by atoms with van der Waals surface area (Å²) in [6.07, 6.45) is 10.3.